The van der Waals surface area contributed by atoms with Gasteiger partial charge in [-0.2, -0.15) is 0 Å². The van der Waals surface area contributed by atoms with E-state index < -0.39 is 0 Å². The predicted molar refractivity (Wildman–Crippen MR) is 104 cm³/mol. The molecule has 0 aliphatic heterocycles. The van der Waals surface area contributed by atoms with Crippen molar-refractivity contribution in [3.05, 3.63) is 65.2 Å². The van der Waals surface area contributed by atoms with Gasteiger partial charge in [0.05, 0.1) is 0 Å². The number of nitrogens with one attached hydrogen (secondary N) is 3. The van der Waals surface area contributed by atoms with Crippen LogP contribution in [0.25, 0.3) is 0 Å². The number of thiocarbonyl (C=S) groups is 2. The monoisotopic (exact) mass is 364 g/mol. The highest BCUT2D eigenvalue weighted by Gasteiger charge is 2.06. The van der Waals surface area contributed by atoms with E-state index in [1.54, 1.807) is 24.2 Å². The molecule has 0 unspecified atom stereocenters. The van der Waals surface area contributed by atoms with Crippen LogP contribution in [-0.4, -0.2) is 22.3 Å². The summed E-state index contributed by atoms with van der Waals surface area (Å²) in [6, 6.07) is 17.3. The molecule has 0 bridgehead atoms. The Kier molecular flexibility index (Phi) is 6.58. The molecule has 0 atom stereocenters. The zero-order chi connectivity index (χ0) is 16.7. The van der Waals surface area contributed by atoms with E-state index in [0.29, 0.717) is 21.8 Å². The van der Waals surface area contributed by atoms with Crippen molar-refractivity contribution in [2.45, 2.75) is 6.54 Å². The first-order chi connectivity index (χ1) is 11.0. The van der Waals surface area contributed by atoms with Gasteiger partial charge in [-0.15, -0.1) is 0 Å². The number of benzene rings is 2. The number of hydrogen-bond acceptors (Lipinski definition) is 2. The quantitative estimate of drug-likeness (QED) is 0.571. The van der Waals surface area contributed by atoms with Crippen LogP contribution in [0.5, 0.6) is 0 Å². The maximum atomic E-state index is 5.85. The van der Waals surface area contributed by atoms with Crippen molar-refractivity contribution in [3.63, 3.8) is 0 Å². The van der Waals surface area contributed by atoms with Gasteiger partial charge < -0.3 is 10.6 Å². The van der Waals surface area contributed by atoms with E-state index in [-0.39, 0.29) is 0 Å². The number of hydrazine groups is 1. The highest BCUT2D eigenvalue weighted by molar-refractivity contribution is 7.80. The summed E-state index contributed by atoms with van der Waals surface area (Å²) in [5.41, 5.74) is 5.00. The van der Waals surface area contributed by atoms with Crippen LogP contribution in [0.15, 0.2) is 54.6 Å². The molecule has 2 aromatic carbocycles. The van der Waals surface area contributed by atoms with E-state index in [4.69, 9.17) is 36.0 Å². The van der Waals surface area contributed by atoms with Gasteiger partial charge in [-0.3, -0.25) is 10.4 Å². The molecule has 0 amide bonds. The van der Waals surface area contributed by atoms with Crippen molar-refractivity contribution >= 4 is 51.9 Å². The number of halogens is 1. The molecular formula is C16H17ClN4S2. The standard InChI is InChI=1S/C16H17ClN4S2/c1-21(16(23)18-11-12-5-3-2-4-6-12)20-15(22)19-14-9-7-13(17)8-10-14/h2-10H,11H2,1H3,(H,18,23)(H2,19,20,22). The molecule has 2 aromatic rings. The van der Waals surface area contributed by atoms with Crippen LogP contribution in [0, 0.1) is 0 Å². The maximum Gasteiger partial charge on any atom is 0.189 e. The van der Waals surface area contributed by atoms with Gasteiger partial charge >= 0.3 is 0 Å². The average molecular weight is 365 g/mol. The number of hydrogen-bond donors (Lipinski definition) is 3. The van der Waals surface area contributed by atoms with E-state index in [9.17, 15) is 0 Å². The summed E-state index contributed by atoms with van der Waals surface area (Å²) in [5.74, 6) is 0. The predicted octanol–water partition coefficient (Wildman–Crippen LogP) is 3.55. The molecule has 0 saturated carbocycles. The summed E-state index contributed by atoms with van der Waals surface area (Å²) < 4.78 is 0. The lowest BCUT2D eigenvalue weighted by Gasteiger charge is -2.23. The average Bonchev–Trinajstić information content (AvgIpc) is 2.55. The Labute approximate surface area is 151 Å². The summed E-state index contributed by atoms with van der Waals surface area (Å²) in [4.78, 5) is 0. The Morgan fingerprint density at radius 1 is 1.04 bits per heavy atom. The summed E-state index contributed by atoms with van der Waals surface area (Å²) >= 11 is 16.4. The Balaban J connectivity index is 1.78. The first kappa shape index (κ1) is 17.5. The van der Waals surface area contributed by atoms with Crippen molar-refractivity contribution in [1.82, 2.24) is 15.8 Å². The lowest BCUT2D eigenvalue weighted by atomic mass is 10.2. The normalized spacial score (nSPS) is 9.83. The Morgan fingerprint density at radius 3 is 2.35 bits per heavy atom. The molecule has 4 nitrogen and oxygen atoms in total. The van der Waals surface area contributed by atoms with E-state index >= 15 is 0 Å². The van der Waals surface area contributed by atoms with E-state index in [2.05, 4.69) is 16.1 Å². The molecule has 120 valence electrons. The second kappa shape index (κ2) is 8.67. The third-order valence-corrected chi connectivity index (χ3v) is 3.83. The van der Waals surface area contributed by atoms with E-state index in [0.717, 1.165) is 11.3 Å². The zero-order valence-electron chi connectivity index (χ0n) is 12.5. The van der Waals surface area contributed by atoms with Crippen molar-refractivity contribution in [2.24, 2.45) is 0 Å². The number of nitrogens with zero attached hydrogens (tertiary/aromatic N) is 1. The Hall–Kier alpha value is -1.89. The van der Waals surface area contributed by atoms with Gasteiger partial charge in [0.15, 0.2) is 10.2 Å². The van der Waals surface area contributed by atoms with Crippen LogP contribution in [0.1, 0.15) is 5.56 Å². The molecule has 0 aliphatic carbocycles. The number of rotatable bonds is 3. The SMILES string of the molecule is CN(NC(=S)Nc1ccc(Cl)cc1)C(=S)NCc1ccccc1. The fourth-order valence-corrected chi connectivity index (χ4v) is 2.29. The van der Waals surface area contributed by atoms with Crippen molar-refractivity contribution < 1.29 is 0 Å². The molecule has 0 aliphatic rings. The van der Waals surface area contributed by atoms with Gasteiger partial charge in [0, 0.05) is 24.3 Å². The van der Waals surface area contributed by atoms with Crippen LogP contribution in [0.3, 0.4) is 0 Å². The summed E-state index contributed by atoms with van der Waals surface area (Å²) in [5, 5.41) is 9.55. The van der Waals surface area contributed by atoms with Gasteiger partial charge in [0.25, 0.3) is 0 Å². The first-order valence-corrected chi connectivity index (χ1v) is 8.13. The lowest BCUT2D eigenvalue weighted by Crippen LogP contribution is -2.49. The maximum absolute atomic E-state index is 5.85. The summed E-state index contributed by atoms with van der Waals surface area (Å²) in [6.45, 7) is 0.656. The Morgan fingerprint density at radius 2 is 1.70 bits per heavy atom. The van der Waals surface area contributed by atoms with Crippen LogP contribution in [-0.2, 0) is 6.54 Å². The summed E-state index contributed by atoms with van der Waals surface area (Å²) in [6.07, 6.45) is 0. The first-order valence-electron chi connectivity index (χ1n) is 6.93. The molecule has 0 spiro atoms. The minimum absolute atomic E-state index is 0.443. The second-order valence-electron chi connectivity index (χ2n) is 4.78. The van der Waals surface area contributed by atoms with Crippen LogP contribution >= 0.6 is 36.0 Å². The largest absolute Gasteiger partial charge is 0.357 e. The van der Waals surface area contributed by atoms with Crippen molar-refractivity contribution in [1.29, 1.82) is 0 Å². The lowest BCUT2D eigenvalue weighted by molar-refractivity contribution is 0.450. The van der Waals surface area contributed by atoms with Crippen LogP contribution < -0.4 is 16.1 Å². The molecule has 0 radical (unpaired) electrons. The third-order valence-electron chi connectivity index (χ3n) is 2.96. The molecule has 3 N–H and O–H groups in total. The van der Waals surface area contributed by atoms with E-state index in [1.807, 2.05) is 42.5 Å². The molecule has 23 heavy (non-hydrogen) atoms. The third kappa shape index (κ3) is 6.02. The minimum Gasteiger partial charge on any atom is -0.357 e. The van der Waals surface area contributed by atoms with Gasteiger partial charge in [0.2, 0.25) is 0 Å². The van der Waals surface area contributed by atoms with Gasteiger partial charge in [-0.25, -0.2) is 0 Å². The number of anilines is 1. The molecule has 0 heterocycles. The van der Waals surface area contributed by atoms with Crippen LogP contribution in [0.4, 0.5) is 5.69 Å². The molecule has 7 heteroatoms. The summed E-state index contributed by atoms with van der Waals surface area (Å²) in [7, 11) is 1.80. The van der Waals surface area contributed by atoms with Gasteiger partial charge in [0.1, 0.15) is 0 Å². The Bertz CT molecular complexity index is 662. The van der Waals surface area contributed by atoms with E-state index in [1.165, 1.54) is 0 Å². The molecule has 0 saturated heterocycles. The molecular weight excluding hydrogens is 348 g/mol. The zero-order valence-corrected chi connectivity index (χ0v) is 14.9. The fraction of sp³-hybridized carbons (Fsp3) is 0.125. The molecule has 0 aromatic heterocycles. The van der Waals surface area contributed by atoms with Crippen LogP contribution in [0.2, 0.25) is 5.02 Å². The highest BCUT2D eigenvalue weighted by atomic mass is 35.5. The molecule has 0 fully saturated rings. The van der Waals surface area contributed by atoms with Gasteiger partial charge in [-0.05, 0) is 54.3 Å². The fourth-order valence-electron chi connectivity index (χ4n) is 1.79. The van der Waals surface area contributed by atoms with Crippen molar-refractivity contribution in [2.75, 3.05) is 12.4 Å². The van der Waals surface area contributed by atoms with Crippen molar-refractivity contribution in [3.8, 4) is 0 Å². The smallest absolute Gasteiger partial charge is 0.189 e. The highest BCUT2D eigenvalue weighted by Crippen LogP contribution is 2.13. The topological polar surface area (TPSA) is 39.3 Å². The van der Waals surface area contributed by atoms with Gasteiger partial charge in [-0.1, -0.05) is 41.9 Å². The second-order valence-corrected chi connectivity index (χ2v) is 6.01. The minimum atomic E-state index is 0.443. The molecule has 2 rings (SSSR count).